The minimum Gasteiger partial charge on any atom is -0.462 e. The fourth-order valence-corrected chi connectivity index (χ4v) is 7.16. The van der Waals surface area contributed by atoms with Crippen LogP contribution in [0.2, 0.25) is 0 Å². The maximum Gasteiger partial charge on any atom is 0.306 e. The molecule has 0 aliphatic carbocycles. The molecule has 366 valence electrons. The van der Waals surface area contributed by atoms with Gasteiger partial charge in [0, 0.05) is 19.4 Å². The Kier molecular flexibility index (Phi) is 51.5. The van der Waals surface area contributed by atoms with Crippen LogP contribution in [0.5, 0.6) is 0 Å². The third kappa shape index (κ3) is 51.5. The number of hydrogen-bond acceptors (Lipinski definition) is 5. The molecule has 1 atom stereocenters. The highest BCUT2D eigenvalue weighted by Gasteiger charge is 2.17. The third-order valence-electron chi connectivity index (χ3n) is 11.1. The Morgan fingerprint density at radius 3 is 1.17 bits per heavy atom. The summed E-state index contributed by atoms with van der Waals surface area (Å²) < 4.78 is 17.4. The summed E-state index contributed by atoms with van der Waals surface area (Å²) in [7, 11) is 0. The molecule has 0 spiro atoms. The van der Waals surface area contributed by atoms with Crippen LogP contribution in [0, 0.1) is 0 Å². The van der Waals surface area contributed by atoms with Gasteiger partial charge in [0.15, 0.2) is 6.10 Å². The molecule has 0 fully saturated rings. The molecule has 0 aromatic rings. The van der Waals surface area contributed by atoms with Gasteiger partial charge in [-0.05, 0) is 116 Å². The van der Waals surface area contributed by atoms with E-state index in [1.165, 1.54) is 103 Å². The summed E-state index contributed by atoms with van der Waals surface area (Å²) >= 11 is 0. The summed E-state index contributed by atoms with van der Waals surface area (Å²) in [5, 5.41) is 0. The number of rotatable bonds is 48. The van der Waals surface area contributed by atoms with E-state index in [1.807, 2.05) is 0 Å². The van der Waals surface area contributed by atoms with Gasteiger partial charge in [-0.25, -0.2) is 0 Å². The maximum absolute atomic E-state index is 12.8. The smallest absolute Gasteiger partial charge is 0.306 e. The second-order valence-electron chi connectivity index (χ2n) is 17.4. The molecular weight excluding hydrogens is 789 g/mol. The fraction of sp³-hybridized carbons (Fsp3) is 0.695. The van der Waals surface area contributed by atoms with E-state index in [-0.39, 0.29) is 25.2 Å². The Bertz CT molecular complexity index is 1230. The first kappa shape index (κ1) is 60.8. The first-order valence-corrected chi connectivity index (χ1v) is 26.8. The number of unbranched alkanes of at least 4 members (excludes halogenated alkanes) is 21. The van der Waals surface area contributed by atoms with Crippen molar-refractivity contribution in [2.45, 2.75) is 245 Å². The first-order valence-electron chi connectivity index (χ1n) is 26.8. The van der Waals surface area contributed by atoms with Crippen LogP contribution < -0.4 is 0 Å². The molecule has 0 N–H and O–H groups in total. The van der Waals surface area contributed by atoms with E-state index in [9.17, 15) is 9.59 Å². The molecule has 0 aliphatic rings. The van der Waals surface area contributed by atoms with E-state index in [2.05, 4.69) is 118 Å². The SMILES string of the molecule is CC/C=C\C/C=C\C/C=C\C/C=C\CCCCC(=O)OCC(COCCCCCCCCCCCC/C=C\CCCCCCCC)OC(=O)CCCCC/C=C\C/C=C\C/C=C\CC. The van der Waals surface area contributed by atoms with Gasteiger partial charge in [0.2, 0.25) is 0 Å². The van der Waals surface area contributed by atoms with Crippen LogP contribution >= 0.6 is 0 Å². The molecule has 64 heavy (non-hydrogen) atoms. The molecule has 0 aromatic carbocycles. The van der Waals surface area contributed by atoms with E-state index in [0.29, 0.717) is 19.4 Å². The molecule has 0 saturated carbocycles. The van der Waals surface area contributed by atoms with Gasteiger partial charge in [0.25, 0.3) is 0 Å². The van der Waals surface area contributed by atoms with Gasteiger partial charge in [-0.2, -0.15) is 0 Å². The van der Waals surface area contributed by atoms with Crippen molar-refractivity contribution in [1.29, 1.82) is 0 Å². The summed E-state index contributed by atoms with van der Waals surface area (Å²) in [6.07, 6.45) is 72.9. The van der Waals surface area contributed by atoms with Crippen molar-refractivity contribution in [3.8, 4) is 0 Å². The Labute approximate surface area is 396 Å². The van der Waals surface area contributed by atoms with Crippen LogP contribution in [0.4, 0.5) is 0 Å². The van der Waals surface area contributed by atoms with Gasteiger partial charge in [0.05, 0.1) is 6.61 Å². The molecule has 0 heterocycles. The van der Waals surface area contributed by atoms with Gasteiger partial charge in [-0.3, -0.25) is 9.59 Å². The highest BCUT2D eigenvalue weighted by Crippen LogP contribution is 2.14. The molecule has 5 heteroatoms. The molecular formula is C59H100O5. The van der Waals surface area contributed by atoms with Crippen molar-refractivity contribution >= 4 is 11.9 Å². The van der Waals surface area contributed by atoms with Crippen LogP contribution in [-0.2, 0) is 23.8 Å². The summed E-state index contributed by atoms with van der Waals surface area (Å²) in [4.78, 5) is 25.4. The van der Waals surface area contributed by atoms with Crippen LogP contribution in [-0.4, -0.2) is 37.9 Å². The van der Waals surface area contributed by atoms with Gasteiger partial charge in [-0.1, -0.05) is 208 Å². The fourth-order valence-electron chi connectivity index (χ4n) is 7.16. The van der Waals surface area contributed by atoms with Crippen LogP contribution in [0.25, 0.3) is 0 Å². The Morgan fingerprint density at radius 2 is 0.703 bits per heavy atom. The molecule has 5 nitrogen and oxygen atoms in total. The Balaban J connectivity index is 4.33. The number of carbonyl (C=O) groups excluding carboxylic acids is 2. The summed E-state index contributed by atoms with van der Waals surface area (Å²) in [5.74, 6) is -0.481. The largest absolute Gasteiger partial charge is 0.462 e. The van der Waals surface area contributed by atoms with Gasteiger partial charge >= 0.3 is 11.9 Å². The van der Waals surface area contributed by atoms with Crippen molar-refractivity contribution < 1.29 is 23.8 Å². The van der Waals surface area contributed by atoms with Gasteiger partial charge in [-0.15, -0.1) is 0 Å². The highest BCUT2D eigenvalue weighted by molar-refractivity contribution is 5.70. The van der Waals surface area contributed by atoms with Crippen molar-refractivity contribution in [3.05, 3.63) is 97.2 Å². The first-order chi connectivity index (χ1) is 31.6. The lowest BCUT2D eigenvalue weighted by Gasteiger charge is -2.18. The number of esters is 2. The van der Waals surface area contributed by atoms with Crippen molar-refractivity contribution in [3.63, 3.8) is 0 Å². The predicted octanol–water partition coefficient (Wildman–Crippen LogP) is 18.2. The number of ether oxygens (including phenoxy) is 3. The van der Waals surface area contributed by atoms with E-state index in [4.69, 9.17) is 14.2 Å². The number of allylic oxidation sites excluding steroid dienone is 16. The molecule has 0 aromatic heterocycles. The molecule has 0 amide bonds. The predicted molar refractivity (Wildman–Crippen MR) is 279 cm³/mol. The zero-order valence-electron chi connectivity index (χ0n) is 42.0. The monoisotopic (exact) mass is 889 g/mol. The number of carbonyl (C=O) groups is 2. The molecule has 0 radical (unpaired) electrons. The Hall–Kier alpha value is -3.18. The topological polar surface area (TPSA) is 61.8 Å². The lowest BCUT2D eigenvalue weighted by atomic mass is 10.1. The summed E-state index contributed by atoms with van der Waals surface area (Å²) in [6, 6.07) is 0. The zero-order valence-corrected chi connectivity index (χ0v) is 42.0. The van der Waals surface area contributed by atoms with E-state index in [0.717, 1.165) is 103 Å². The molecule has 0 aliphatic heterocycles. The standard InChI is InChI=1S/C59H100O5/c1-4-7-10-13-16-19-22-25-27-28-29-30-31-33-36-39-42-45-48-51-54-62-55-57(64-59(61)53-50-47-44-41-38-34-24-21-18-15-12-9-6-3)56-63-58(60)52-49-46-43-40-37-35-32-26-23-20-17-14-11-8-5-2/h8-9,11-12,17-18,20-21,25-27,32,34,37-38,40,57H,4-7,10,13-16,19,22-24,28-31,33,35-36,39,41-56H2,1-3H3/b11-8-,12-9-,20-17-,21-18-,27-25-,32-26-,38-34-,40-37-. The zero-order chi connectivity index (χ0) is 46.3. The average Bonchev–Trinajstić information content (AvgIpc) is 3.30. The second kappa shape index (κ2) is 54.2. The lowest BCUT2D eigenvalue weighted by molar-refractivity contribution is -0.163. The molecule has 0 rings (SSSR count). The Morgan fingerprint density at radius 1 is 0.359 bits per heavy atom. The minimum atomic E-state index is -0.574. The average molecular weight is 889 g/mol. The third-order valence-corrected chi connectivity index (χ3v) is 11.1. The van der Waals surface area contributed by atoms with Crippen molar-refractivity contribution in [1.82, 2.24) is 0 Å². The van der Waals surface area contributed by atoms with Gasteiger partial charge in [0.1, 0.15) is 6.61 Å². The lowest BCUT2D eigenvalue weighted by Crippen LogP contribution is -2.30. The van der Waals surface area contributed by atoms with E-state index < -0.39 is 6.10 Å². The van der Waals surface area contributed by atoms with E-state index in [1.54, 1.807) is 0 Å². The van der Waals surface area contributed by atoms with Crippen LogP contribution in [0.15, 0.2) is 97.2 Å². The number of hydrogen-bond donors (Lipinski definition) is 0. The second-order valence-corrected chi connectivity index (χ2v) is 17.4. The quantitative estimate of drug-likeness (QED) is 0.0346. The highest BCUT2D eigenvalue weighted by atomic mass is 16.6. The summed E-state index contributed by atoms with van der Waals surface area (Å²) in [6.45, 7) is 7.52. The van der Waals surface area contributed by atoms with Gasteiger partial charge < -0.3 is 14.2 Å². The molecule has 0 saturated heterocycles. The van der Waals surface area contributed by atoms with Crippen molar-refractivity contribution in [2.75, 3.05) is 19.8 Å². The molecule has 0 bridgehead atoms. The molecule has 1 unspecified atom stereocenters. The summed E-state index contributed by atoms with van der Waals surface area (Å²) in [5.41, 5.74) is 0. The normalized spacial score (nSPS) is 13.0. The van der Waals surface area contributed by atoms with Crippen LogP contribution in [0.3, 0.4) is 0 Å². The maximum atomic E-state index is 12.8. The van der Waals surface area contributed by atoms with Crippen molar-refractivity contribution in [2.24, 2.45) is 0 Å². The van der Waals surface area contributed by atoms with E-state index >= 15 is 0 Å². The van der Waals surface area contributed by atoms with Crippen LogP contribution in [0.1, 0.15) is 239 Å². The minimum absolute atomic E-state index is 0.0471.